The summed E-state index contributed by atoms with van der Waals surface area (Å²) >= 11 is 0. The van der Waals surface area contributed by atoms with Crippen molar-refractivity contribution in [3.8, 4) is 17.0 Å². The Bertz CT molecular complexity index is 1360. The number of hydrogen-bond acceptors (Lipinski definition) is 7. The maximum absolute atomic E-state index is 13.0. The number of ketones is 1. The summed E-state index contributed by atoms with van der Waals surface area (Å²) in [5.41, 5.74) is 0.182. The molecular weight excluding hydrogens is 386 g/mol. The highest BCUT2D eigenvalue weighted by Gasteiger charge is 2.20. The molecule has 0 unspecified atom stereocenters. The summed E-state index contributed by atoms with van der Waals surface area (Å²) in [5, 5.41) is 10.4. The molecule has 7 nitrogen and oxygen atoms in total. The lowest BCUT2D eigenvalue weighted by atomic mass is 10.00. The molecule has 0 spiro atoms. The zero-order chi connectivity index (χ0) is 21.3. The summed E-state index contributed by atoms with van der Waals surface area (Å²) in [4.78, 5) is 42.2. The van der Waals surface area contributed by atoms with Crippen LogP contribution in [0.3, 0.4) is 0 Å². The van der Waals surface area contributed by atoms with Gasteiger partial charge in [-0.3, -0.25) is 9.59 Å². The van der Waals surface area contributed by atoms with Gasteiger partial charge < -0.3 is 14.3 Å². The van der Waals surface area contributed by atoms with Crippen LogP contribution in [-0.2, 0) is 4.74 Å². The van der Waals surface area contributed by atoms with Crippen LogP contribution in [0.2, 0.25) is 0 Å². The van der Waals surface area contributed by atoms with E-state index < -0.39 is 11.8 Å². The SMILES string of the molecule is COC(=O)c1cc(C(=O)c2ccccc2O)cc(-c2coc3ccccc3c2=O)n1. The predicted molar refractivity (Wildman–Crippen MR) is 109 cm³/mol. The maximum atomic E-state index is 13.0. The first kappa shape index (κ1) is 19.1. The molecule has 0 amide bonds. The highest BCUT2D eigenvalue weighted by Crippen LogP contribution is 2.24. The fraction of sp³-hybridized carbons (Fsp3) is 0.0435. The van der Waals surface area contributed by atoms with Gasteiger partial charge in [-0.15, -0.1) is 0 Å². The summed E-state index contributed by atoms with van der Waals surface area (Å²) in [6, 6.07) is 15.4. The Labute approximate surface area is 170 Å². The van der Waals surface area contributed by atoms with Crippen molar-refractivity contribution >= 4 is 22.7 Å². The average Bonchev–Trinajstić information content (AvgIpc) is 2.78. The van der Waals surface area contributed by atoms with Crippen molar-refractivity contribution in [1.82, 2.24) is 4.98 Å². The number of fused-ring (bicyclic) bond motifs is 1. The first-order valence-electron chi connectivity index (χ1n) is 8.93. The van der Waals surface area contributed by atoms with Crippen molar-refractivity contribution in [2.24, 2.45) is 0 Å². The Hall–Kier alpha value is -4.26. The van der Waals surface area contributed by atoms with Crippen molar-refractivity contribution in [2.45, 2.75) is 0 Å². The number of phenolic OH excluding ortho intramolecular Hbond substituents is 1. The Morgan fingerprint density at radius 2 is 1.77 bits per heavy atom. The van der Waals surface area contributed by atoms with Crippen molar-refractivity contribution < 1.29 is 23.8 Å². The van der Waals surface area contributed by atoms with E-state index in [1.807, 2.05) is 0 Å². The summed E-state index contributed by atoms with van der Waals surface area (Å²) in [6.45, 7) is 0. The van der Waals surface area contributed by atoms with Crippen molar-refractivity contribution in [2.75, 3.05) is 7.11 Å². The normalized spacial score (nSPS) is 10.7. The standard InChI is InChI=1S/C23H15NO6/c1-29-23(28)18-11-13(21(26)14-6-2-4-8-19(14)25)10-17(24-18)16-12-30-20-9-5-3-7-15(20)22(16)27/h2-12,25H,1H3. The summed E-state index contributed by atoms with van der Waals surface area (Å²) in [6.07, 6.45) is 1.24. The molecule has 0 bridgehead atoms. The van der Waals surface area contributed by atoms with Crippen LogP contribution in [-0.4, -0.2) is 29.0 Å². The van der Waals surface area contributed by atoms with Gasteiger partial charge >= 0.3 is 5.97 Å². The molecule has 2 aromatic heterocycles. The van der Waals surface area contributed by atoms with E-state index >= 15 is 0 Å². The molecule has 7 heteroatoms. The van der Waals surface area contributed by atoms with Crippen LogP contribution < -0.4 is 5.43 Å². The second-order valence-corrected chi connectivity index (χ2v) is 6.44. The topological polar surface area (TPSA) is 107 Å². The number of carbonyl (C=O) groups is 2. The molecule has 0 saturated heterocycles. The van der Waals surface area contributed by atoms with Crippen LogP contribution in [0.5, 0.6) is 5.75 Å². The van der Waals surface area contributed by atoms with Gasteiger partial charge in [-0.25, -0.2) is 9.78 Å². The summed E-state index contributed by atoms with van der Waals surface area (Å²) in [7, 11) is 1.19. The lowest BCUT2D eigenvalue weighted by Crippen LogP contribution is -2.12. The minimum absolute atomic E-state index is 0.0519. The number of aromatic hydroxyl groups is 1. The number of methoxy groups -OCH3 is 1. The van der Waals surface area contributed by atoms with E-state index in [-0.39, 0.29) is 39.3 Å². The summed E-state index contributed by atoms with van der Waals surface area (Å²) < 4.78 is 10.3. The molecule has 2 aromatic carbocycles. The molecule has 0 aliphatic carbocycles. The number of pyridine rings is 1. The third-order valence-corrected chi connectivity index (χ3v) is 4.59. The highest BCUT2D eigenvalue weighted by atomic mass is 16.5. The number of ether oxygens (including phenoxy) is 1. The van der Waals surface area contributed by atoms with Crippen LogP contribution in [0.4, 0.5) is 0 Å². The van der Waals surface area contributed by atoms with Gasteiger partial charge in [0, 0.05) is 5.56 Å². The molecule has 1 N–H and O–H groups in total. The molecule has 0 saturated carbocycles. The minimum Gasteiger partial charge on any atom is -0.507 e. The number of phenols is 1. The average molecular weight is 401 g/mol. The van der Waals surface area contributed by atoms with Gasteiger partial charge in [0.15, 0.2) is 5.78 Å². The van der Waals surface area contributed by atoms with E-state index in [0.29, 0.717) is 11.0 Å². The van der Waals surface area contributed by atoms with Crippen LogP contribution in [0.15, 0.2) is 76.1 Å². The smallest absolute Gasteiger partial charge is 0.356 e. The van der Waals surface area contributed by atoms with Crippen LogP contribution in [0, 0.1) is 0 Å². The van der Waals surface area contributed by atoms with Crippen molar-refractivity contribution in [1.29, 1.82) is 0 Å². The van der Waals surface area contributed by atoms with Crippen molar-refractivity contribution in [3.05, 3.63) is 94.0 Å². The van der Waals surface area contributed by atoms with Crippen LogP contribution >= 0.6 is 0 Å². The van der Waals surface area contributed by atoms with Gasteiger partial charge in [0.2, 0.25) is 5.43 Å². The van der Waals surface area contributed by atoms with Gasteiger partial charge in [0.1, 0.15) is 23.3 Å². The number of hydrogen-bond donors (Lipinski definition) is 1. The van der Waals surface area contributed by atoms with E-state index in [4.69, 9.17) is 9.15 Å². The Kier molecular flexibility index (Phi) is 4.85. The number of aromatic nitrogens is 1. The van der Waals surface area contributed by atoms with Gasteiger partial charge in [-0.05, 0) is 36.4 Å². The minimum atomic E-state index is -0.770. The van der Waals surface area contributed by atoms with Gasteiger partial charge in [0.25, 0.3) is 0 Å². The van der Waals surface area contributed by atoms with E-state index in [0.717, 1.165) is 0 Å². The van der Waals surface area contributed by atoms with Crippen LogP contribution in [0.25, 0.3) is 22.2 Å². The molecule has 0 aliphatic rings. The highest BCUT2D eigenvalue weighted by molar-refractivity contribution is 6.11. The summed E-state index contributed by atoms with van der Waals surface area (Å²) in [5.74, 6) is -1.51. The number of para-hydroxylation sites is 2. The second kappa shape index (κ2) is 7.63. The number of carbonyl (C=O) groups excluding carboxylic acids is 2. The zero-order valence-electron chi connectivity index (χ0n) is 15.8. The molecule has 4 rings (SSSR count). The first-order valence-corrected chi connectivity index (χ1v) is 8.93. The zero-order valence-corrected chi connectivity index (χ0v) is 15.8. The van der Waals surface area contributed by atoms with E-state index in [1.165, 1.54) is 37.6 Å². The first-order chi connectivity index (χ1) is 14.5. The van der Waals surface area contributed by atoms with E-state index in [9.17, 15) is 19.5 Å². The largest absolute Gasteiger partial charge is 0.507 e. The molecule has 2 heterocycles. The number of benzene rings is 2. The van der Waals surface area contributed by atoms with Gasteiger partial charge in [0.05, 0.1) is 29.3 Å². The fourth-order valence-electron chi connectivity index (χ4n) is 3.08. The lowest BCUT2D eigenvalue weighted by Gasteiger charge is -2.09. The van der Waals surface area contributed by atoms with Crippen LogP contribution in [0.1, 0.15) is 26.4 Å². The Morgan fingerprint density at radius 3 is 2.53 bits per heavy atom. The lowest BCUT2D eigenvalue weighted by molar-refractivity contribution is 0.0594. The Morgan fingerprint density at radius 1 is 1.03 bits per heavy atom. The molecule has 0 radical (unpaired) electrons. The molecule has 4 aromatic rings. The number of esters is 1. The quantitative estimate of drug-likeness (QED) is 0.411. The molecular formula is C23H15NO6. The Balaban J connectivity index is 1.93. The molecule has 0 aliphatic heterocycles. The molecule has 0 atom stereocenters. The molecule has 148 valence electrons. The number of rotatable bonds is 4. The van der Waals surface area contributed by atoms with Crippen molar-refractivity contribution in [3.63, 3.8) is 0 Å². The van der Waals surface area contributed by atoms with E-state index in [2.05, 4.69) is 4.98 Å². The van der Waals surface area contributed by atoms with Gasteiger partial charge in [-0.2, -0.15) is 0 Å². The third kappa shape index (κ3) is 3.33. The van der Waals surface area contributed by atoms with E-state index in [1.54, 1.807) is 36.4 Å². The molecule has 0 fully saturated rings. The number of nitrogens with zero attached hydrogens (tertiary/aromatic N) is 1. The second-order valence-electron chi connectivity index (χ2n) is 6.44. The monoisotopic (exact) mass is 401 g/mol. The maximum Gasteiger partial charge on any atom is 0.356 e. The fourth-order valence-corrected chi connectivity index (χ4v) is 3.08. The van der Waals surface area contributed by atoms with Gasteiger partial charge in [-0.1, -0.05) is 24.3 Å². The predicted octanol–water partition coefficient (Wildman–Crippen LogP) is 3.58. The third-order valence-electron chi connectivity index (χ3n) is 4.59. The molecule has 30 heavy (non-hydrogen) atoms.